The number of carbonyl (C=O) groups is 2. The monoisotopic (exact) mass is 428 g/mol. The van der Waals surface area contributed by atoms with Gasteiger partial charge in [-0.15, -0.1) is 11.3 Å². The van der Waals surface area contributed by atoms with Crippen molar-refractivity contribution in [2.75, 3.05) is 12.4 Å². The van der Waals surface area contributed by atoms with Gasteiger partial charge >= 0.3 is 5.97 Å². The van der Waals surface area contributed by atoms with Crippen molar-refractivity contribution in [2.45, 2.75) is 6.92 Å². The summed E-state index contributed by atoms with van der Waals surface area (Å²) in [6.07, 6.45) is 0. The van der Waals surface area contributed by atoms with E-state index in [2.05, 4.69) is 10.3 Å². The van der Waals surface area contributed by atoms with Crippen LogP contribution in [0.3, 0.4) is 0 Å². The molecule has 0 unspecified atom stereocenters. The zero-order valence-electron chi connectivity index (χ0n) is 15.8. The van der Waals surface area contributed by atoms with E-state index in [-0.39, 0.29) is 28.3 Å². The Morgan fingerprint density at radius 3 is 2.60 bits per heavy atom. The first-order valence-electron chi connectivity index (χ1n) is 8.73. The molecule has 0 saturated heterocycles. The summed E-state index contributed by atoms with van der Waals surface area (Å²) in [5.41, 5.74) is 0.983. The summed E-state index contributed by atoms with van der Waals surface area (Å²) in [7, 11) is 1.23. The molecule has 0 fully saturated rings. The molecule has 6 nitrogen and oxygen atoms in total. The quantitative estimate of drug-likeness (QED) is 0.453. The zero-order chi connectivity index (χ0) is 21.4. The molecule has 30 heavy (non-hydrogen) atoms. The molecule has 0 aliphatic heterocycles. The van der Waals surface area contributed by atoms with Crippen LogP contribution in [0.25, 0.3) is 20.8 Å². The molecular formula is C21H14F2N2O4S. The first kappa shape index (κ1) is 19.7. The van der Waals surface area contributed by atoms with E-state index in [1.54, 1.807) is 6.92 Å². The number of carbonyl (C=O) groups excluding carboxylic acids is 2. The van der Waals surface area contributed by atoms with Crippen molar-refractivity contribution in [2.24, 2.45) is 0 Å². The van der Waals surface area contributed by atoms with Crippen LogP contribution >= 0.6 is 11.3 Å². The maximum Gasteiger partial charge on any atom is 0.342 e. The van der Waals surface area contributed by atoms with Crippen molar-refractivity contribution < 1.29 is 27.5 Å². The van der Waals surface area contributed by atoms with E-state index >= 15 is 0 Å². The van der Waals surface area contributed by atoms with Gasteiger partial charge in [-0.1, -0.05) is 12.1 Å². The van der Waals surface area contributed by atoms with Crippen molar-refractivity contribution in [3.8, 4) is 10.6 Å². The average Bonchev–Trinajstić information content (AvgIpc) is 3.29. The minimum Gasteiger partial charge on any atom is -0.465 e. The predicted octanol–water partition coefficient (Wildman–Crippen LogP) is 5.18. The number of nitrogens with one attached hydrogen (secondary N) is 1. The van der Waals surface area contributed by atoms with Gasteiger partial charge in [-0.05, 0) is 37.3 Å². The number of hydrogen-bond donors (Lipinski definition) is 1. The summed E-state index contributed by atoms with van der Waals surface area (Å²) in [4.78, 5) is 29.5. The number of ether oxygens (including phenoxy) is 1. The smallest absolute Gasteiger partial charge is 0.342 e. The molecule has 0 radical (unpaired) electrons. The van der Waals surface area contributed by atoms with Crippen LogP contribution in [-0.4, -0.2) is 24.0 Å². The third-order valence-electron chi connectivity index (χ3n) is 4.39. The molecule has 0 aliphatic rings. The van der Waals surface area contributed by atoms with Gasteiger partial charge in [-0.2, -0.15) is 0 Å². The van der Waals surface area contributed by atoms with E-state index in [9.17, 15) is 18.4 Å². The van der Waals surface area contributed by atoms with Gasteiger partial charge in [0, 0.05) is 5.56 Å². The number of methoxy groups -OCH3 is 1. The second-order valence-corrected chi connectivity index (χ2v) is 7.33. The number of aromatic nitrogens is 1. The molecule has 4 rings (SSSR count). The Labute approximate surface area is 173 Å². The first-order valence-corrected chi connectivity index (χ1v) is 9.54. The van der Waals surface area contributed by atoms with E-state index in [1.807, 2.05) is 24.3 Å². The number of amides is 1. The standard InChI is InChI=1S/C21H14F2N2O4S/c1-10-16(21(27)28-2)17(20-24-14-5-3-4-6-15(14)30-20)19(29-10)25-18(26)11-7-8-12(22)13(23)9-11/h3-9H,1-2H3,(H,25,26). The van der Waals surface area contributed by atoms with E-state index in [4.69, 9.17) is 9.15 Å². The predicted molar refractivity (Wildman–Crippen MR) is 108 cm³/mol. The van der Waals surface area contributed by atoms with Crippen LogP contribution in [0.4, 0.5) is 14.7 Å². The summed E-state index contributed by atoms with van der Waals surface area (Å²) in [5, 5.41) is 2.96. The molecule has 2 aromatic carbocycles. The minimum absolute atomic E-state index is 0.0401. The average molecular weight is 428 g/mol. The molecule has 0 spiro atoms. The highest BCUT2D eigenvalue weighted by Gasteiger charge is 2.29. The molecule has 1 N–H and O–H groups in total. The van der Waals surface area contributed by atoms with Crippen LogP contribution < -0.4 is 5.32 Å². The number of benzene rings is 2. The molecule has 0 aliphatic carbocycles. The normalized spacial score (nSPS) is 10.9. The van der Waals surface area contributed by atoms with Crippen LogP contribution in [0, 0.1) is 18.6 Å². The first-order chi connectivity index (χ1) is 14.4. The molecule has 0 atom stereocenters. The van der Waals surface area contributed by atoms with E-state index in [1.165, 1.54) is 18.4 Å². The number of furan rings is 1. The minimum atomic E-state index is -1.15. The molecule has 2 heterocycles. The summed E-state index contributed by atoms with van der Waals surface area (Å²) in [5.74, 6) is -3.43. The lowest BCUT2D eigenvalue weighted by atomic mass is 10.1. The van der Waals surface area contributed by atoms with E-state index < -0.39 is 23.5 Å². The van der Waals surface area contributed by atoms with Gasteiger partial charge in [0.15, 0.2) is 11.6 Å². The molecule has 9 heteroatoms. The molecule has 0 bridgehead atoms. The van der Waals surface area contributed by atoms with Gasteiger partial charge in [0.2, 0.25) is 5.88 Å². The second kappa shape index (κ2) is 7.68. The summed E-state index contributed by atoms with van der Waals surface area (Å²) in [6, 6.07) is 10.2. The summed E-state index contributed by atoms with van der Waals surface area (Å²) < 4.78 is 38.1. The fraction of sp³-hybridized carbons (Fsp3) is 0.0952. The number of fused-ring (bicyclic) bond motifs is 1. The third kappa shape index (κ3) is 3.43. The number of aryl methyl sites for hydroxylation is 1. The topological polar surface area (TPSA) is 81.4 Å². The number of para-hydroxylation sites is 1. The lowest BCUT2D eigenvalue weighted by molar-refractivity contribution is 0.0599. The Morgan fingerprint density at radius 1 is 1.13 bits per heavy atom. The van der Waals surface area contributed by atoms with Gasteiger partial charge < -0.3 is 9.15 Å². The number of esters is 1. The molecule has 152 valence electrons. The van der Waals surface area contributed by atoms with Gasteiger partial charge in [0.05, 0.1) is 22.9 Å². The number of nitrogens with zero attached hydrogens (tertiary/aromatic N) is 1. The number of hydrogen-bond acceptors (Lipinski definition) is 6. The largest absolute Gasteiger partial charge is 0.465 e. The zero-order valence-corrected chi connectivity index (χ0v) is 16.6. The maximum atomic E-state index is 13.5. The van der Waals surface area contributed by atoms with Crippen LogP contribution in [0.1, 0.15) is 26.5 Å². The third-order valence-corrected chi connectivity index (χ3v) is 5.44. The van der Waals surface area contributed by atoms with Crippen LogP contribution in [0.5, 0.6) is 0 Å². The van der Waals surface area contributed by atoms with E-state index in [0.717, 1.165) is 22.9 Å². The van der Waals surface area contributed by atoms with E-state index in [0.29, 0.717) is 10.5 Å². The number of rotatable bonds is 4. The molecule has 1 amide bonds. The highest BCUT2D eigenvalue weighted by atomic mass is 32.1. The summed E-state index contributed by atoms with van der Waals surface area (Å²) in [6.45, 7) is 1.55. The van der Waals surface area contributed by atoms with Crippen molar-refractivity contribution in [1.82, 2.24) is 4.98 Å². The maximum absolute atomic E-state index is 13.5. The van der Waals surface area contributed by atoms with Gasteiger partial charge in [0.25, 0.3) is 5.91 Å². The Kier molecular flexibility index (Phi) is 5.04. The highest BCUT2D eigenvalue weighted by Crippen LogP contribution is 2.40. The lowest BCUT2D eigenvalue weighted by Crippen LogP contribution is -2.13. The van der Waals surface area contributed by atoms with Crippen LogP contribution in [0.15, 0.2) is 46.9 Å². The van der Waals surface area contributed by atoms with Crippen LogP contribution in [-0.2, 0) is 4.74 Å². The Hall–Kier alpha value is -3.59. The fourth-order valence-electron chi connectivity index (χ4n) is 2.98. The van der Waals surface area contributed by atoms with Gasteiger partial charge in [-0.25, -0.2) is 18.6 Å². The second-order valence-electron chi connectivity index (χ2n) is 6.30. The highest BCUT2D eigenvalue weighted by molar-refractivity contribution is 7.21. The Balaban J connectivity index is 1.82. The number of anilines is 1. The van der Waals surface area contributed by atoms with Gasteiger partial charge in [0.1, 0.15) is 16.3 Å². The van der Waals surface area contributed by atoms with Crippen molar-refractivity contribution >= 4 is 39.3 Å². The van der Waals surface area contributed by atoms with Crippen molar-refractivity contribution in [3.05, 3.63) is 71.0 Å². The van der Waals surface area contributed by atoms with Crippen molar-refractivity contribution in [1.29, 1.82) is 0 Å². The molecule has 4 aromatic rings. The van der Waals surface area contributed by atoms with Gasteiger partial charge in [-0.3, -0.25) is 10.1 Å². The van der Waals surface area contributed by atoms with Crippen LogP contribution in [0.2, 0.25) is 0 Å². The Bertz CT molecular complexity index is 1260. The molecular weight excluding hydrogens is 414 g/mol. The SMILES string of the molecule is COC(=O)c1c(C)oc(NC(=O)c2ccc(F)c(F)c2)c1-c1nc2ccccc2s1. The Morgan fingerprint density at radius 2 is 1.90 bits per heavy atom. The van der Waals surface area contributed by atoms with Crippen molar-refractivity contribution in [3.63, 3.8) is 0 Å². The lowest BCUT2D eigenvalue weighted by Gasteiger charge is -2.05. The molecule has 0 saturated carbocycles. The fourth-order valence-corrected chi connectivity index (χ4v) is 3.99. The number of thiazole rings is 1. The molecule has 2 aromatic heterocycles. The summed E-state index contributed by atoms with van der Waals surface area (Å²) >= 11 is 1.31. The number of halogens is 2.